The Morgan fingerprint density at radius 1 is 1.35 bits per heavy atom. The number of benzene rings is 1. The van der Waals surface area contributed by atoms with Crippen molar-refractivity contribution in [2.75, 3.05) is 6.54 Å². The third-order valence-electron chi connectivity index (χ3n) is 3.70. The van der Waals surface area contributed by atoms with E-state index < -0.39 is 11.4 Å². The number of carbonyl (C=O) groups is 2. The second-order valence-electron chi connectivity index (χ2n) is 5.49. The molecule has 1 atom stereocenters. The summed E-state index contributed by atoms with van der Waals surface area (Å²) >= 11 is 0. The standard InChI is InChI=1S/C16H23NO3/c1-4-16(3,15(19)20)11-17-14(18)9-8-13-7-5-6-12(2)10-13/h5-7,10H,4,8-9,11H2,1-3H3,(H,17,18)(H,19,20). The van der Waals surface area contributed by atoms with Crippen LogP contribution in [0.15, 0.2) is 24.3 Å². The van der Waals surface area contributed by atoms with Gasteiger partial charge in [-0.15, -0.1) is 0 Å². The molecule has 4 heteroatoms. The van der Waals surface area contributed by atoms with Crippen LogP contribution in [-0.2, 0) is 16.0 Å². The van der Waals surface area contributed by atoms with E-state index in [-0.39, 0.29) is 12.5 Å². The van der Waals surface area contributed by atoms with Crippen molar-refractivity contribution in [3.8, 4) is 0 Å². The van der Waals surface area contributed by atoms with Crippen LogP contribution in [0.3, 0.4) is 0 Å². The van der Waals surface area contributed by atoms with E-state index in [1.807, 2.05) is 32.0 Å². The summed E-state index contributed by atoms with van der Waals surface area (Å²) in [5.41, 5.74) is 1.41. The smallest absolute Gasteiger partial charge is 0.311 e. The first-order chi connectivity index (χ1) is 9.37. The Labute approximate surface area is 120 Å². The Bertz CT molecular complexity index is 484. The lowest BCUT2D eigenvalue weighted by atomic mass is 9.87. The molecule has 0 bridgehead atoms. The quantitative estimate of drug-likeness (QED) is 0.805. The van der Waals surface area contributed by atoms with Gasteiger partial charge in [0.15, 0.2) is 0 Å². The number of carboxylic acids is 1. The van der Waals surface area contributed by atoms with Gasteiger partial charge in [0.05, 0.1) is 5.41 Å². The summed E-state index contributed by atoms with van der Waals surface area (Å²) in [7, 11) is 0. The number of aryl methyl sites for hydroxylation is 2. The fourth-order valence-electron chi connectivity index (χ4n) is 1.86. The van der Waals surface area contributed by atoms with Crippen LogP contribution in [0.1, 0.15) is 37.8 Å². The topological polar surface area (TPSA) is 66.4 Å². The van der Waals surface area contributed by atoms with Crippen LogP contribution in [0.5, 0.6) is 0 Å². The molecule has 110 valence electrons. The minimum Gasteiger partial charge on any atom is -0.481 e. The van der Waals surface area contributed by atoms with Gasteiger partial charge in [0.25, 0.3) is 0 Å². The molecule has 0 saturated carbocycles. The highest BCUT2D eigenvalue weighted by Crippen LogP contribution is 2.19. The second kappa shape index (κ2) is 7.08. The number of carboxylic acid groups (broad SMARTS) is 1. The molecule has 0 fully saturated rings. The van der Waals surface area contributed by atoms with E-state index in [2.05, 4.69) is 11.4 Å². The first-order valence-electron chi connectivity index (χ1n) is 6.93. The Morgan fingerprint density at radius 2 is 2.05 bits per heavy atom. The summed E-state index contributed by atoms with van der Waals surface area (Å²) in [6.45, 7) is 5.65. The largest absolute Gasteiger partial charge is 0.481 e. The van der Waals surface area contributed by atoms with Crippen LogP contribution in [0.2, 0.25) is 0 Å². The van der Waals surface area contributed by atoms with Gasteiger partial charge in [-0.3, -0.25) is 9.59 Å². The number of nitrogens with one attached hydrogen (secondary N) is 1. The van der Waals surface area contributed by atoms with Gasteiger partial charge in [-0.1, -0.05) is 36.8 Å². The van der Waals surface area contributed by atoms with E-state index in [9.17, 15) is 9.59 Å². The minimum absolute atomic E-state index is 0.104. The molecule has 1 unspecified atom stereocenters. The van der Waals surface area contributed by atoms with Crippen molar-refractivity contribution >= 4 is 11.9 Å². The van der Waals surface area contributed by atoms with Gasteiger partial charge < -0.3 is 10.4 Å². The molecule has 2 N–H and O–H groups in total. The molecular formula is C16H23NO3. The maximum absolute atomic E-state index is 11.8. The van der Waals surface area contributed by atoms with Gasteiger partial charge in [0.1, 0.15) is 0 Å². The highest BCUT2D eigenvalue weighted by molar-refractivity contribution is 5.79. The van der Waals surface area contributed by atoms with E-state index >= 15 is 0 Å². The maximum Gasteiger partial charge on any atom is 0.311 e. The van der Waals surface area contributed by atoms with Crippen LogP contribution < -0.4 is 5.32 Å². The first-order valence-corrected chi connectivity index (χ1v) is 6.93. The lowest BCUT2D eigenvalue weighted by Gasteiger charge is -2.23. The normalized spacial score (nSPS) is 13.6. The van der Waals surface area contributed by atoms with Crippen molar-refractivity contribution in [1.82, 2.24) is 5.32 Å². The second-order valence-corrected chi connectivity index (χ2v) is 5.49. The highest BCUT2D eigenvalue weighted by Gasteiger charge is 2.31. The molecule has 0 spiro atoms. The monoisotopic (exact) mass is 277 g/mol. The van der Waals surface area contributed by atoms with Crippen molar-refractivity contribution in [1.29, 1.82) is 0 Å². The van der Waals surface area contributed by atoms with Crippen molar-refractivity contribution in [3.63, 3.8) is 0 Å². The summed E-state index contributed by atoms with van der Waals surface area (Å²) in [4.78, 5) is 22.9. The molecule has 0 aliphatic rings. The maximum atomic E-state index is 11.8. The lowest BCUT2D eigenvalue weighted by Crippen LogP contribution is -2.40. The lowest BCUT2D eigenvalue weighted by molar-refractivity contribution is -0.148. The molecule has 4 nitrogen and oxygen atoms in total. The highest BCUT2D eigenvalue weighted by atomic mass is 16.4. The van der Waals surface area contributed by atoms with Crippen molar-refractivity contribution < 1.29 is 14.7 Å². The zero-order chi connectivity index (χ0) is 15.2. The molecule has 0 aromatic heterocycles. The van der Waals surface area contributed by atoms with Crippen LogP contribution in [0.25, 0.3) is 0 Å². The zero-order valence-corrected chi connectivity index (χ0v) is 12.4. The average molecular weight is 277 g/mol. The Morgan fingerprint density at radius 3 is 2.60 bits per heavy atom. The van der Waals surface area contributed by atoms with Crippen LogP contribution in [0.4, 0.5) is 0 Å². The number of carbonyl (C=O) groups excluding carboxylic acids is 1. The summed E-state index contributed by atoms with van der Waals surface area (Å²) in [5, 5.41) is 11.9. The Balaban J connectivity index is 2.43. The van der Waals surface area contributed by atoms with E-state index in [0.717, 1.165) is 5.56 Å². The summed E-state index contributed by atoms with van der Waals surface area (Å²) in [6.07, 6.45) is 1.53. The van der Waals surface area contributed by atoms with Gasteiger partial charge in [0.2, 0.25) is 5.91 Å². The van der Waals surface area contributed by atoms with Crippen molar-refractivity contribution in [3.05, 3.63) is 35.4 Å². The van der Waals surface area contributed by atoms with Gasteiger partial charge in [-0.05, 0) is 32.3 Å². The van der Waals surface area contributed by atoms with Crippen molar-refractivity contribution in [2.45, 2.75) is 40.0 Å². The number of hydrogen-bond donors (Lipinski definition) is 2. The van der Waals surface area contributed by atoms with Crippen LogP contribution in [0, 0.1) is 12.3 Å². The Hall–Kier alpha value is -1.84. The first kappa shape index (κ1) is 16.2. The molecule has 0 heterocycles. The molecule has 0 saturated heterocycles. The third kappa shape index (κ3) is 4.68. The van der Waals surface area contributed by atoms with Gasteiger partial charge in [-0.2, -0.15) is 0 Å². The zero-order valence-electron chi connectivity index (χ0n) is 12.4. The van der Waals surface area contributed by atoms with Gasteiger partial charge in [-0.25, -0.2) is 0 Å². The summed E-state index contributed by atoms with van der Waals surface area (Å²) < 4.78 is 0. The number of hydrogen-bond acceptors (Lipinski definition) is 2. The van der Waals surface area contributed by atoms with E-state index in [4.69, 9.17) is 5.11 Å². The molecule has 1 rings (SSSR count). The molecule has 0 aliphatic heterocycles. The SMILES string of the molecule is CCC(C)(CNC(=O)CCc1cccc(C)c1)C(=O)O. The minimum atomic E-state index is -0.890. The molecule has 1 amide bonds. The van der Waals surface area contributed by atoms with E-state index in [1.54, 1.807) is 6.92 Å². The van der Waals surface area contributed by atoms with Crippen LogP contribution >= 0.6 is 0 Å². The van der Waals surface area contributed by atoms with E-state index in [0.29, 0.717) is 19.3 Å². The fraction of sp³-hybridized carbons (Fsp3) is 0.500. The molecular weight excluding hydrogens is 254 g/mol. The predicted octanol–water partition coefficient (Wildman–Crippen LogP) is 2.54. The summed E-state index contributed by atoms with van der Waals surface area (Å²) in [6, 6.07) is 8.04. The molecule has 20 heavy (non-hydrogen) atoms. The molecule has 1 aromatic carbocycles. The molecule has 0 radical (unpaired) electrons. The summed E-state index contributed by atoms with van der Waals surface area (Å²) in [5.74, 6) is -0.980. The Kier molecular flexibility index (Phi) is 5.74. The number of amides is 1. The van der Waals surface area contributed by atoms with Gasteiger partial charge >= 0.3 is 5.97 Å². The molecule has 1 aromatic rings. The fourth-order valence-corrected chi connectivity index (χ4v) is 1.86. The van der Waals surface area contributed by atoms with Crippen LogP contribution in [-0.4, -0.2) is 23.5 Å². The number of aliphatic carboxylic acids is 1. The number of rotatable bonds is 7. The predicted molar refractivity (Wildman–Crippen MR) is 78.5 cm³/mol. The van der Waals surface area contributed by atoms with Gasteiger partial charge in [0, 0.05) is 13.0 Å². The average Bonchev–Trinajstić information content (AvgIpc) is 2.42. The van der Waals surface area contributed by atoms with Crippen molar-refractivity contribution in [2.24, 2.45) is 5.41 Å². The molecule has 0 aliphatic carbocycles. The van der Waals surface area contributed by atoms with E-state index in [1.165, 1.54) is 5.56 Å². The third-order valence-corrected chi connectivity index (χ3v) is 3.70.